The number of carbonyl (C=O) groups excluding carboxylic acids is 2. The molecule has 2 unspecified atom stereocenters. The molecule has 0 aliphatic rings. The zero-order chi connectivity index (χ0) is 21.5. The topological polar surface area (TPSA) is 125 Å². The summed E-state index contributed by atoms with van der Waals surface area (Å²) in [5.41, 5.74) is -2.49. The second-order valence-electron chi connectivity index (χ2n) is 7.12. The summed E-state index contributed by atoms with van der Waals surface area (Å²) in [7, 11) is 0. The quantitative estimate of drug-likeness (QED) is 0.247. The normalized spacial score (nSPS) is 15.1. The predicted molar refractivity (Wildman–Crippen MR) is 103 cm³/mol. The van der Waals surface area contributed by atoms with Gasteiger partial charge in [0.25, 0.3) is 0 Å². The number of azo groups is 1. The molecule has 0 bridgehead atoms. The van der Waals surface area contributed by atoms with Crippen molar-refractivity contribution in [2.45, 2.75) is 90.1 Å². The Bertz CT molecular complexity index is 556. The number of carbonyl (C=O) groups is 2. The van der Waals surface area contributed by atoms with E-state index >= 15 is 0 Å². The molecule has 0 amide bonds. The average molecular weight is 393 g/mol. The lowest BCUT2D eigenvalue weighted by molar-refractivity contribution is -0.145. The third kappa shape index (κ3) is 11.3. The minimum atomic E-state index is -1.25. The van der Waals surface area contributed by atoms with Gasteiger partial charge in [0.05, 0.1) is 25.4 Å². The molecule has 0 heterocycles. The van der Waals surface area contributed by atoms with Crippen molar-refractivity contribution in [2.75, 3.05) is 13.2 Å². The molecule has 156 valence electrons. The van der Waals surface area contributed by atoms with E-state index in [1.807, 2.05) is 26.0 Å². The number of unbranched alkanes of at least 4 members (excludes halogenated alkanes) is 2. The molecule has 0 aromatic rings. The molecule has 0 saturated heterocycles. The van der Waals surface area contributed by atoms with Crippen LogP contribution < -0.4 is 0 Å². The van der Waals surface area contributed by atoms with Crippen LogP contribution in [0, 0.1) is 22.7 Å². The fraction of sp³-hybridized carbons (Fsp3) is 0.800. The average Bonchev–Trinajstić information content (AvgIpc) is 2.69. The van der Waals surface area contributed by atoms with Gasteiger partial charge in [-0.15, -0.1) is 0 Å². The summed E-state index contributed by atoms with van der Waals surface area (Å²) in [6.45, 7) is 7.82. The van der Waals surface area contributed by atoms with Crippen molar-refractivity contribution in [1.82, 2.24) is 0 Å². The van der Waals surface area contributed by atoms with Crippen LogP contribution >= 0.6 is 0 Å². The van der Waals surface area contributed by atoms with E-state index in [2.05, 4.69) is 10.2 Å². The van der Waals surface area contributed by atoms with Crippen molar-refractivity contribution in [3.63, 3.8) is 0 Å². The van der Waals surface area contributed by atoms with Gasteiger partial charge in [0.2, 0.25) is 0 Å². The van der Waals surface area contributed by atoms with Crippen molar-refractivity contribution in [2.24, 2.45) is 10.2 Å². The molecule has 2 atom stereocenters. The molecule has 0 aromatic carbocycles. The summed E-state index contributed by atoms with van der Waals surface area (Å²) in [5, 5.41) is 26.9. The zero-order valence-electron chi connectivity index (χ0n) is 17.5. The molecule has 8 nitrogen and oxygen atoms in total. The fourth-order valence-electron chi connectivity index (χ4n) is 1.97. The maximum absolute atomic E-state index is 11.7. The first-order valence-corrected chi connectivity index (χ1v) is 9.82. The number of esters is 2. The van der Waals surface area contributed by atoms with Gasteiger partial charge in [-0.25, -0.2) is 0 Å². The number of nitrogens with zero attached hydrogens (tertiary/aromatic N) is 4. The number of ether oxygens (including phenoxy) is 2. The molecule has 0 spiro atoms. The summed E-state index contributed by atoms with van der Waals surface area (Å²) >= 11 is 0. The van der Waals surface area contributed by atoms with E-state index in [0.717, 1.165) is 25.7 Å². The highest BCUT2D eigenvalue weighted by atomic mass is 16.5. The summed E-state index contributed by atoms with van der Waals surface area (Å²) in [5.74, 6) is -0.772. The summed E-state index contributed by atoms with van der Waals surface area (Å²) in [6, 6.07) is 4.06. The van der Waals surface area contributed by atoms with Gasteiger partial charge >= 0.3 is 11.9 Å². The van der Waals surface area contributed by atoms with E-state index in [9.17, 15) is 20.1 Å². The minimum absolute atomic E-state index is 0.0415. The van der Waals surface area contributed by atoms with Gasteiger partial charge in [-0.3, -0.25) is 9.59 Å². The summed E-state index contributed by atoms with van der Waals surface area (Å²) in [6.07, 6.45) is 3.80. The Labute approximate surface area is 167 Å². The number of rotatable bonds is 14. The first-order valence-electron chi connectivity index (χ1n) is 9.82. The second-order valence-corrected chi connectivity index (χ2v) is 7.12. The monoisotopic (exact) mass is 392 g/mol. The van der Waals surface area contributed by atoms with Gasteiger partial charge in [-0.1, -0.05) is 26.7 Å². The van der Waals surface area contributed by atoms with Crippen LogP contribution in [0.1, 0.15) is 79.1 Å². The largest absolute Gasteiger partial charge is 0.466 e. The molecule has 0 aliphatic carbocycles. The van der Waals surface area contributed by atoms with E-state index in [1.165, 1.54) is 0 Å². The van der Waals surface area contributed by atoms with Crippen molar-refractivity contribution < 1.29 is 19.1 Å². The van der Waals surface area contributed by atoms with Crippen LogP contribution in [0.4, 0.5) is 0 Å². The van der Waals surface area contributed by atoms with Gasteiger partial charge in [0.15, 0.2) is 11.1 Å². The Kier molecular flexibility index (Phi) is 12.4. The van der Waals surface area contributed by atoms with Crippen molar-refractivity contribution in [3.05, 3.63) is 0 Å². The SMILES string of the molecule is CCCCOC(=O)CCC(C)(C#N)N=NC(C)(C#N)CCC(=O)OCCCC. The zero-order valence-corrected chi connectivity index (χ0v) is 17.5. The van der Waals surface area contributed by atoms with Crippen molar-refractivity contribution >= 4 is 11.9 Å². The first kappa shape index (κ1) is 25.5. The predicted octanol–water partition coefficient (Wildman–Crippen LogP) is 4.25. The molecule has 0 rings (SSSR count). The Morgan fingerprint density at radius 1 is 0.821 bits per heavy atom. The van der Waals surface area contributed by atoms with Gasteiger partial charge in [0, 0.05) is 12.8 Å². The molecule has 8 heteroatoms. The molecule has 28 heavy (non-hydrogen) atoms. The maximum atomic E-state index is 11.7. The van der Waals surface area contributed by atoms with Gasteiger partial charge < -0.3 is 9.47 Å². The molecule has 0 fully saturated rings. The molecule has 0 saturated carbocycles. The van der Waals surface area contributed by atoms with E-state index < -0.39 is 11.1 Å². The van der Waals surface area contributed by atoms with Gasteiger partial charge in [-0.05, 0) is 39.5 Å². The van der Waals surface area contributed by atoms with Gasteiger partial charge in [-0.2, -0.15) is 20.8 Å². The van der Waals surface area contributed by atoms with Crippen LogP contribution in [0.2, 0.25) is 0 Å². The summed E-state index contributed by atoms with van der Waals surface area (Å²) < 4.78 is 10.1. The number of hydrogen-bond donors (Lipinski definition) is 0. The summed E-state index contributed by atoms with van der Waals surface area (Å²) in [4.78, 5) is 23.4. The van der Waals surface area contributed by atoms with E-state index in [0.29, 0.717) is 13.2 Å². The van der Waals surface area contributed by atoms with Crippen molar-refractivity contribution in [3.8, 4) is 12.1 Å². The Morgan fingerprint density at radius 2 is 1.18 bits per heavy atom. The van der Waals surface area contributed by atoms with Gasteiger partial charge in [0.1, 0.15) is 0 Å². The van der Waals surface area contributed by atoms with Crippen LogP contribution in [-0.4, -0.2) is 36.2 Å². The number of hydrogen-bond acceptors (Lipinski definition) is 8. The highest BCUT2D eigenvalue weighted by Crippen LogP contribution is 2.23. The lowest BCUT2D eigenvalue weighted by Gasteiger charge is -2.19. The Morgan fingerprint density at radius 3 is 1.46 bits per heavy atom. The maximum Gasteiger partial charge on any atom is 0.305 e. The highest BCUT2D eigenvalue weighted by molar-refractivity contribution is 5.69. The van der Waals surface area contributed by atoms with Crippen LogP contribution in [0.3, 0.4) is 0 Å². The second kappa shape index (κ2) is 13.7. The fourth-order valence-corrected chi connectivity index (χ4v) is 1.97. The van der Waals surface area contributed by atoms with E-state index in [4.69, 9.17) is 9.47 Å². The molecular formula is C20H32N4O4. The first-order chi connectivity index (χ1) is 13.2. The smallest absolute Gasteiger partial charge is 0.305 e. The van der Waals surface area contributed by atoms with Crippen LogP contribution in [0.5, 0.6) is 0 Å². The third-order valence-electron chi connectivity index (χ3n) is 4.13. The Hall–Kier alpha value is -2.48. The molecule has 0 N–H and O–H groups in total. The van der Waals surface area contributed by atoms with Crippen LogP contribution in [-0.2, 0) is 19.1 Å². The van der Waals surface area contributed by atoms with E-state index in [-0.39, 0.29) is 37.6 Å². The Balaban J connectivity index is 4.71. The van der Waals surface area contributed by atoms with Crippen molar-refractivity contribution in [1.29, 1.82) is 10.5 Å². The van der Waals surface area contributed by atoms with E-state index in [1.54, 1.807) is 13.8 Å². The van der Waals surface area contributed by atoms with Crippen LogP contribution in [0.25, 0.3) is 0 Å². The highest BCUT2D eigenvalue weighted by Gasteiger charge is 2.29. The van der Waals surface area contributed by atoms with Crippen LogP contribution in [0.15, 0.2) is 10.2 Å². The number of nitriles is 2. The molecule has 0 aliphatic heterocycles. The molecular weight excluding hydrogens is 360 g/mol. The molecule has 0 radical (unpaired) electrons. The standard InChI is InChI=1S/C20H32N4O4/c1-5-7-13-27-17(25)9-11-19(3,15-21)23-24-20(4,16-22)12-10-18(26)28-14-8-6-2/h5-14H2,1-4H3. The molecule has 0 aromatic heterocycles. The minimum Gasteiger partial charge on any atom is -0.466 e. The lowest BCUT2D eigenvalue weighted by atomic mass is 9.97. The third-order valence-corrected chi connectivity index (χ3v) is 4.13. The lowest BCUT2D eigenvalue weighted by Crippen LogP contribution is -2.25.